The lowest BCUT2D eigenvalue weighted by molar-refractivity contribution is -0.137. The molecule has 0 unspecified atom stereocenters. The Morgan fingerprint density at radius 3 is 1.13 bits per heavy atom. The second-order valence-electron chi connectivity index (χ2n) is 14.7. The van der Waals surface area contributed by atoms with E-state index in [2.05, 4.69) is 26.6 Å². The van der Waals surface area contributed by atoms with Gasteiger partial charge in [0.15, 0.2) is 0 Å². The molecular formula is C38H74N6O11S6. The van der Waals surface area contributed by atoms with Crippen LogP contribution in [0.4, 0.5) is 0 Å². The standard InChI is InChI=1S/C16H30N2O5S2.C13H27N3O4S2.C9H17NO2S2/c1-12(20)5-4-9-24-25-10-8-17-13(21)6-7-18-15(23)14(22)16(2,3)11-19;1-13(2,9-17)11(19)12(20)16-5-3-10(18)15-6-8-22-21-7-4-14;1-8(11)4-3-6-13-14-7-5-10-9(2)12/h14,19,22H,4-11H2,1-3H3,(H,17,21)(H,18,23);11,17,19H,3-9,14H2,1-2H3,(H,15,18)(H,16,20);3-7H2,1-2H3,(H,10,12)/t14-;11-;/m00./s1. The molecule has 23 heteroatoms. The Morgan fingerprint density at radius 1 is 0.492 bits per heavy atom. The van der Waals surface area contributed by atoms with Gasteiger partial charge in [-0.2, -0.15) is 0 Å². The number of nitrogens with one attached hydrogen (secondary N) is 5. The number of hydrogen-bond acceptors (Lipinski definition) is 18. The zero-order valence-corrected chi connectivity index (χ0v) is 41.9. The minimum Gasteiger partial charge on any atom is -0.396 e. The van der Waals surface area contributed by atoms with Gasteiger partial charge in [0.05, 0.1) is 13.2 Å². The highest BCUT2D eigenvalue weighted by molar-refractivity contribution is 8.77. The summed E-state index contributed by atoms with van der Waals surface area (Å²) in [6.07, 6.45) is 0.769. The molecule has 0 saturated carbocycles. The van der Waals surface area contributed by atoms with Gasteiger partial charge in [0.2, 0.25) is 29.5 Å². The van der Waals surface area contributed by atoms with Crippen molar-refractivity contribution in [2.75, 3.05) is 87.0 Å². The van der Waals surface area contributed by atoms with Crippen LogP contribution in [0.3, 0.4) is 0 Å². The fourth-order valence-electron chi connectivity index (χ4n) is 3.75. The first-order valence-electron chi connectivity index (χ1n) is 20.0. The maximum atomic E-state index is 11.7. The van der Waals surface area contributed by atoms with Gasteiger partial charge in [0.1, 0.15) is 23.8 Å². The molecule has 0 aliphatic rings. The van der Waals surface area contributed by atoms with Crippen LogP contribution >= 0.6 is 64.8 Å². The molecule has 0 spiro atoms. The summed E-state index contributed by atoms with van der Waals surface area (Å²) in [6, 6.07) is 0. The molecule has 0 bridgehead atoms. The molecule has 2 atom stereocenters. The average molecular weight is 983 g/mol. The molecule has 11 N–H and O–H groups in total. The predicted molar refractivity (Wildman–Crippen MR) is 257 cm³/mol. The van der Waals surface area contributed by atoms with Gasteiger partial charge in [-0.05, 0) is 26.7 Å². The topological polar surface area (TPSA) is 287 Å². The number of carbonyl (C=O) groups is 7. The van der Waals surface area contributed by atoms with Crippen LogP contribution in [0.5, 0.6) is 0 Å². The molecule has 0 aliphatic heterocycles. The Kier molecular flexibility index (Phi) is 43.3. The van der Waals surface area contributed by atoms with Gasteiger partial charge in [-0.1, -0.05) is 92.5 Å². The monoisotopic (exact) mass is 982 g/mol. The van der Waals surface area contributed by atoms with Crippen molar-refractivity contribution in [3.8, 4) is 0 Å². The van der Waals surface area contributed by atoms with Gasteiger partial charge in [-0.3, -0.25) is 24.0 Å². The van der Waals surface area contributed by atoms with Crippen LogP contribution in [0.25, 0.3) is 0 Å². The molecule has 0 fully saturated rings. The van der Waals surface area contributed by atoms with Crippen LogP contribution in [0.2, 0.25) is 0 Å². The second-order valence-corrected chi connectivity index (χ2v) is 22.8. The number of Topliss-reactive ketones (excluding diaryl/α,β-unsaturated/α-hetero) is 2. The van der Waals surface area contributed by atoms with Crippen molar-refractivity contribution in [1.29, 1.82) is 0 Å². The van der Waals surface area contributed by atoms with Crippen molar-refractivity contribution in [2.24, 2.45) is 16.6 Å². The van der Waals surface area contributed by atoms with Gasteiger partial charge in [-0.25, -0.2) is 0 Å². The van der Waals surface area contributed by atoms with Crippen LogP contribution in [-0.4, -0.2) is 161 Å². The Balaban J connectivity index is -0.000000859. The van der Waals surface area contributed by atoms with Crippen molar-refractivity contribution in [3.05, 3.63) is 0 Å². The second kappa shape index (κ2) is 41.3. The summed E-state index contributed by atoms with van der Waals surface area (Å²) in [5.41, 5.74) is 3.52. The zero-order valence-electron chi connectivity index (χ0n) is 37.0. The van der Waals surface area contributed by atoms with Crippen molar-refractivity contribution < 1.29 is 54.0 Å². The molecule has 0 heterocycles. The zero-order chi connectivity index (χ0) is 47.1. The van der Waals surface area contributed by atoms with Crippen LogP contribution in [-0.2, 0) is 33.6 Å². The number of aliphatic hydroxyl groups excluding tert-OH is 4. The van der Waals surface area contributed by atoms with E-state index in [9.17, 15) is 43.8 Å². The summed E-state index contributed by atoms with van der Waals surface area (Å²) in [5.74, 6) is 4.28. The molecule has 0 radical (unpaired) electrons. The maximum absolute atomic E-state index is 11.7. The molecule has 0 aliphatic carbocycles. The molecular weight excluding hydrogens is 909 g/mol. The normalized spacial score (nSPS) is 12.0. The number of aliphatic hydroxyl groups is 4. The smallest absolute Gasteiger partial charge is 0.249 e. The van der Waals surface area contributed by atoms with E-state index in [4.69, 9.17) is 15.9 Å². The quantitative estimate of drug-likeness (QED) is 0.0326. The number of nitrogens with two attached hydrogens (primary N) is 1. The summed E-state index contributed by atoms with van der Waals surface area (Å²) in [4.78, 5) is 78.4. The lowest BCUT2D eigenvalue weighted by Crippen LogP contribution is -2.46. The van der Waals surface area contributed by atoms with E-state index >= 15 is 0 Å². The third kappa shape index (κ3) is 42.3. The van der Waals surface area contributed by atoms with Crippen LogP contribution in [0.1, 0.15) is 87.0 Å². The van der Waals surface area contributed by atoms with Crippen LogP contribution in [0.15, 0.2) is 0 Å². The molecule has 358 valence electrons. The van der Waals surface area contributed by atoms with E-state index in [1.807, 2.05) is 0 Å². The first-order valence-corrected chi connectivity index (χ1v) is 27.5. The van der Waals surface area contributed by atoms with Crippen molar-refractivity contribution >= 4 is 106 Å². The number of carbonyl (C=O) groups excluding carboxylic acids is 7. The van der Waals surface area contributed by atoms with E-state index in [0.29, 0.717) is 32.5 Å². The van der Waals surface area contributed by atoms with Gasteiger partial charge in [-0.15, -0.1) is 0 Å². The van der Waals surface area contributed by atoms with Gasteiger partial charge in [0.25, 0.3) is 0 Å². The minimum absolute atomic E-state index is 0.0205. The highest BCUT2D eigenvalue weighted by Gasteiger charge is 2.33. The van der Waals surface area contributed by atoms with Crippen LogP contribution < -0.4 is 32.3 Å². The molecule has 0 aromatic heterocycles. The summed E-state index contributed by atoms with van der Waals surface area (Å²) in [7, 11) is 10.2. The SMILES string of the molecule is CC(=O)CCCSSCCNC(=O)CCNC(=O)[C@H](O)C(C)(C)CO.CC(=O)CCCSSCCNC(C)=O.CC(C)(CO)[C@@H](O)C(=O)NCCC(=O)NCCSSCCN. The lowest BCUT2D eigenvalue weighted by Gasteiger charge is -2.27. The van der Waals surface area contributed by atoms with Crippen LogP contribution in [0, 0.1) is 10.8 Å². The highest BCUT2D eigenvalue weighted by Crippen LogP contribution is 2.23. The fourth-order valence-corrected chi connectivity index (χ4v) is 9.50. The first kappa shape index (κ1) is 63.9. The highest BCUT2D eigenvalue weighted by atomic mass is 33.1. The summed E-state index contributed by atoms with van der Waals surface area (Å²) < 4.78 is 0. The molecule has 61 heavy (non-hydrogen) atoms. The Bertz CT molecular complexity index is 1220. The van der Waals surface area contributed by atoms with Gasteiger partial charge < -0.3 is 62.3 Å². The largest absolute Gasteiger partial charge is 0.396 e. The number of amides is 5. The average Bonchev–Trinajstić information content (AvgIpc) is 3.20. The molecule has 0 aromatic rings. The Hall–Kier alpha value is -1.41. The number of rotatable bonds is 34. The number of ketones is 2. The van der Waals surface area contributed by atoms with Crippen molar-refractivity contribution in [1.82, 2.24) is 26.6 Å². The van der Waals surface area contributed by atoms with E-state index in [1.54, 1.807) is 106 Å². The summed E-state index contributed by atoms with van der Waals surface area (Å²) >= 11 is 0. The molecule has 0 rings (SSSR count). The first-order chi connectivity index (χ1) is 28.7. The predicted octanol–water partition coefficient (Wildman–Crippen LogP) is 1.94. The van der Waals surface area contributed by atoms with Crippen molar-refractivity contribution in [2.45, 2.75) is 99.2 Å². The Morgan fingerprint density at radius 2 is 0.820 bits per heavy atom. The number of hydrogen-bond donors (Lipinski definition) is 10. The van der Waals surface area contributed by atoms with Gasteiger partial charge in [0, 0.05) is 117 Å². The van der Waals surface area contributed by atoms with Gasteiger partial charge >= 0.3 is 0 Å². The molecule has 0 aromatic carbocycles. The molecule has 5 amide bonds. The molecule has 17 nitrogen and oxygen atoms in total. The third-order valence-electron chi connectivity index (χ3n) is 7.63. The van der Waals surface area contributed by atoms with E-state index < -0.39 is 34.9 Å². The fraction of sp³-hybridized carbons (Fsp3) is 0.816. The Labute approximate surface area is 387 Å². The summed E-state index contributed by atoms with van der Waals surface area (Å²) in [6.45, 7) is 13.2. The van der Waals surface area contributed by atoms with Crippen molar-refractivity contribution in [3.63, 3.8) is 0 Å². The van der Waals surface area contributed by atoms with E-state index in [-0.39, 0.29) is 68.4 Å². The lowest BCUT2D eigenvalue weighted by atomic mass is 9.87. The summed E-state index contributed by atoms with van der Waals surface area (Å²) in [5, 5.41) is 51.0. The maximum Gasteiger partial charge on any atom is 0.249 e. The van der Waals surface area contributed by atoms with E-state index in [0.717, 1.165) is 53.9 Å². The van der Waals surface area contributed by atoms with E-state index in [1.165, 1.54) is 6.92 Å². The minimum atomic E-state index is -1.32. The third-order valence-corrected chi connectivity index (χ3v) is 15.1. The molecule has 0 saturated heterocycles.